The third-order valence-electron chi connectivity index (χ3n) is 3.71. The van der Waals surface area contributed by atoms with Crippen molar-refractivity contribution < 1.29 is 5.11 Å². The Balaban J connectivity index is 2.65. The molecule has 2 N–H and O–H groups in total. The van der Waals surface area contributed by atoms with Gasteiger partial charge in [0.1, 0.15) is 5.75 Å². The number of pyridine rings is 1. The fraction of sp³-hybridized carbons (Fsp3) is 0.353. The van der Waals surface area contributed by atoms with Crippen molar-refractivity contribution in [2.24, 2.45) is 0 Å². The average molecular weight is 286 g/mol. The van der Waals surface area contributed by atoms with Gasteiger partial charge in [-0.3, -0.25) is 4.79 Å². The van der Waals surface area contributed by atoms with Gasteiger partial charge >= 0.3 is 0 Å². The summed E-state index contributed by atoms with van der Waals surface area (Å²) < 4.78 is 0. The fourth-order valence-corrected chi connectivity index (χ4v) is 2.42. The van der Waals surface area contributed by atoms with Crippen LogP contribution in [0.2, 0.25) is 0 Å². The molecule has 0 saturated heterocycles. The van der Waals surface area contributed by atoms with Crippen molar-refractivity contribution in [3.8, 4) is 17.0 Å². The molecule has 1 heterocycles. The van der Waals surface area contributed by atoms with Gasteiger partial charge < -0.3 is 15.0 Å². The summed E-state index contributed by atoms with van der Waals surface area (Å²) in [6.45, 7) is 5.65. The molecular weight excluding hydrogens is 264 g/mol. The molecular formula is C17H22N2O2. The van der Waals surface area contributed by atoms with E-state index in [9.17, 15) is 9.90 Å². The summed E-state index contributed by atoms with van der Waals surface area (Å²) in [5.41, 5.74) is 3.59. The van der Waals surface area contributed by atoms with Crippen LogP contribution in [0, 0.1) is 6.92 Å². The van der Waals surface area contributed by atoms with Crippen LogP contribution in [-0.2, 0) is 0 Å². The zero-order chi connectivity index (χ0) is 15.7. The number of nitrogens with zero attached hydrogens (tertiary/aromatic N) is 1. The number of hydrogen-bond donors (Lipinski definition) is 2. The van der Waals surface area contributed by atoms with Gasteiger partial charge in [-0.15, -0.1) is 0 Å². The van der Waals surface area contributed by atoms with Crippen LogP contribution in [0.25, 0.3) is 11.3 Å². The summed E-state index contributed by atoms with van der Waals surface area (Å²) in [5.74, 6) is 0.213. The van der Waals surface area contributed by atoms with Crippen molar-refractivity contribution in [1.82, 2.24) is 4.98 Å². The second-order valence-electron chi connectivity index (χ2n) is 5.81. The quantitative estimate of drug-likeness (QED) is 0.910. The van der Waals surface area contributed by atoms with Crippen LogP contribution in [0.1, 0.15) is 30.9 Å². The summed E-state index contributed by atoms with van der Waals surface area (Å²) in [5, 5.41) is 10.3. The first kappa shape index (κ1) is 15.2. The molecule has 1 aromatic carbocycles. The lowest BCUT2D eigenvalue weighted by Gasteiger charge is -2.17. The lowest BCUT2D eigenvalue weighted by molar-refractivity contribution is 0.459. The fourth-order valence-electron chi connectivity index (χ4n) is 2.42. The first-order valence-electron chi connectivity index (χ1n) is 7.06. The zero-order valence-corrected chi connectivity index (χ0v) is 13.2. The second kappa shape index (κ2) is 5.64. The average Bonchev–Trinajstić information content (AvgIpc) is 2.44. The Hall–Kier alpha value is -2.23. The van der Waals surface area contributed by atoms with Gasteiger partial charge in [0.15, 0.2) is 0 Å². The Morgan fingerprint density at radius 3 is 2.19 bits per heavy atom. The van der Waals surface area contributed by atoms with Gasteiger partial charge in [0.25, 0.3) is 5.56 Å². The number of H-pyrrole nitrogens is 1. The molecule has 0 aliphatic carbocycles. The molecule has 0 fully saturated rings. The molecule has 1 aromatic heterocycles. The smallest absolute Gasteiger partial charge is 0.255 e. The van der Waals surface area contributed by atoms with Gasteiger partial charge in [0.2, 0.25) is 0 Å². The normalized spacial score (nSPS) is 11.0. The van der Waals surface area contributed by atoms with Crippen molar-refractivity contribution in [3.63, 3.8) is 0 Å². The maximum atomic E-state index is 12.0. The van der Waals surface area contributed by atoms with E-state index < -0.39 is 0 Å². The topological polar surface area (TPSA) is 56.3 Å². The van der Waals surface area contributed by atoms with E-state index in [0.717, 1.165) is 16.8 Å². The van der Waals surface area contributed by atoms with Gasteiger partial charge in [-0.1, -0.05) is 26.0 Å². The van der Waals surface area contributed by atoms with Crippen LogP contribution in [0.4, 0.5) is 5.69 Å². The number of nitrogens with one attached hydrogen (secondary N) is 1. The van der Waals surface area contributed by atoms with Crippen LogP contribution in [0.5, 0.6) is 5.75 Å². The molecule has 0 spiro atoms. The molecule has 112 valence electrons. The minimum Gasteiger partial charge on any atom is -0.507 e. The molecule has 4 heteroatoms. The molecule has 0 aliphatic rings. The largest absolute Gasteiger partial charge is 0.507 e. The van der Waals surface area contributed by atoms with E-state index in [4.69, 9.17) is 0 Å². The Morgan fingerprint density at radius 2 is 1.71 bits per heavy atom. The van der Waals surface area contributed by atoms with Gasteiger partial charge in [-0.2, -0.15) is 0 Å². The number of rotatable bonds is 3. The SMILES string of the molecule is Cc1c(O)c(C(C)C)c(-c2ccc(N(C)C)cc2)[nH]c1=O. The third-order valence-corrected chi connectivity index (χ3v) is 3.71. The molecule has 2 rings (SSSR count). The molecule has 21 heavy (non-hydrogen) atoms. The van der Waals surface area contributed by atoms with Crippen LogP contribution in [-0.4, -0.2) is 24.2 Å². The van der Waals surface area contributed by atoms with Gasteiger partial charge in [-0.05, 0) is 30.5 Å². The summed E-state index contributed by atoms with van der Waals surface area (Å²) >= 11 is 0. The Morgan fingerprint density at radius 1 is 1.14 bits per heavy atom. The number of aromatic hydroxyl groups is 1. The van der Waals surface area contributed by atoms with Gasteiger partial charge in [0.05, 0.1) is 11.3 Å². The molecule has 4 nitrogen and oxygen atoms in total. The molecule has 0 aliphatic heterocycles. The van der Waals surface area contributed by atoms with E-state index in [1.807, 2.05) is 57.1 Å². The number of benzene rings is 1. The van der Waals surface area contributed by atoms with E-state index in [0.29, 0.717) is 11.3 Å². The van der Waals surface area contributed by atoms with Gasteiger partial charge in [0, 0.05) is 25.3 Å². The highest BCUT2D eigenvalue weighted by Gasteiger charge is 2.18. The monoisotopic (exact) mass is 286 g/mol. The molecule has 0 radical (unpaired) electrons. The molecule has 0 atom stereocenters. The van der Waals surface area contributed by atoms with Crippen molar-refractivity contribution in [1.29, 1.82) is 0 Å². The van der Waals surface area contributed by atoms with E-state index in [2.05, 4.69) is 4.98 Å². The maximum absolute atomic E-state index is 12.0. The molecule has 0 unspecified atom stereocenters. The number of aromatic nitrogens is 1. The first-order valence-corrected chi connectivity index (χ1v) is 7.06. The predicted molar refractivity (Wildman–Crippen MR) is 87.3 cm³/mol. The molecule has 0 bridgehead atoms. The zero-order valence-electron chi connectivity index (χ0n) is 13.2. The van der Waals surface area contributed by atoms with Crippen molar-refractivity contribution in [3.05, 3.63) is 45.7 Å². The molecule has 0 saturated carbocycles. The lowest BCUT2D eigenvalue weighted by atomic mass is 9.94. The van der Waals surface area contributed by atoms with Crippen LogP contribution in [0.3, 0.4) is 0 Å². The van der Waals surface area contributed by atoms with Crippen LogP contribution >= 0.6 is 0 Å². The number of aromatic amines is 1. The third kappa shape index (κ3) is 2.79. The highest BCUT2D eigenvalue weighted by Crippen LogP contribution is 2.35. The summed E-state index contributed by atoms with van der Waals surface area (Å²) in [4.78, 5) is 16.9. The minimum atomic E-state index is -0.247. The molecule has 0 amide bonds. The summed E-state index contributed by atoms with van der Waals surface area (Å²) in [6.07, 6.45) is 0. The Labute approximate surface area is 125 Å². The summed E-state index contributed by atoms with van der Waals surface area (Å²) in [7, 11) is 3.96. The highest BCUT2D eigenvalue weighted by atomic mass is 16.3. The van der Waals surface area contributed by atoms with E-state index in [-0.39, 0.29) is 17.2 Å². The van der Waals surface area contributed by atoms with Crippen molar-refractivity contribution in [2.45, 2.75) is 26.7 Å². The maximum Gasteiger partial charge on any atom is 0.255 e. The highest BCUT2D eigenvalue weighted by molar-refractivity contribution is 5.69. The van der Waals surface area contributed by atoms with Crippen molar-refractivity contribution in [2.75, 3.05) is 19.0 Å². The lowest BCUT2D eigenvalue weighted by Crippen LogP contribution is -2.14. The predicted octanol–water partition coefficient (Wildman–Crippen LogP) is 3.25. The Kier molecular flexibility index (Phi) is 4.07. The van der Waals surface area contributed by atoms with Crippen LogP contribution in [0.15, 0.2) is 29.1 Å². The van der Waals surface area contributed by atoms with E-state index in [1.54, 1.807) is 6.92 Å². The standard InChI is InChI=1S/C17H22N2O2/c1-10(2)14-15(18-17(21)11(3)16(14)20)12-6-8-13(9-7-12)19(4)5/h6-10H,1-5H3,(H2,18,20,21). The van der Waals surface area contributed by atoms with E-state index in [1.165, 1.54) is 0 Å². The number of hydrogen-bond acceptors (Lipinski definition) is 3. The summed E-state index contributed by atoms with van der Waals surface area (Å²) in [6, 6.07) is 7.91. The van der Waals surface area contributed by atoms with E-state index >= 15 is 0 Å². The van der Waals surface area contributed by atoms with Crippen LogP contribution < -0.4 is 10.5 Å². The molecule has 2 aromatic rings. The first-order chi connectivity index (χ1) is 9.82. The number of anilines is 1. The second-order valence-corrected chi connectivity index (χ2v) is 5.81. The van der Waals surface area contributed by atoms with Gasteiger partial charge in [-0.25, -0.2) is 0 Å². The minimum absolute atomic E-state index is 0.0976. The van der Waals surface area contributed by atoms with Crippen molar-refractivity contribution >= 4 is 5.69 Å². The Bertz CT molecular complexity index is 698.